The average molecular weight is 314 g/mol. The first-order valence-corrected chi connectivity index (χ1v) is 7.05. The highest BCUT2D eigenvalue weighted by Crippen LogP contribution is 2.33. The second-order valence-electron chi connectivity index (χ2n) is 4.37. The first-order chi connectivity index (χ1) is 9.93. The normalized spacial score (nSPS) is 11.6. The topological polar surface area (TPSA) is 42.0 Å². The van der Waals surface area contributed by atoms with Gasteiger partial charge in [-0.3, -0.25) is 4.79 Å². The quantitative estimate of drug-likeness (QED) is 0.862. The number of nitrogens with zero attached hydrogens (tertiary/aromatic N) is 1. The lowest BCUT2D eigenvalue weighted by Crippen LogP contribution is -2.13. The zero-order chi connectivity index (χ0) is 15.5. The van der Waals surface area contributed by atoms with Gasteiger partial charge in [0.25, 0.3) is 0 Å². The van der Waals surface area contributed by atoms with Crippen molar-refractivity contribution < 1.29 is 18.0 Å². The summed E-state index contributed by atoms with van der Waals surface area (Å²) in [7, 11) is 1.79. The number of hydrogen-bond donors (Lipinski definition) is 1. The molecule has 1 N–H and O–H groups in total. The van der Waals surface area contributed by atoms with Crippen LogP contribution >= 0.6 is 11.3 Å². The van der Waals surface area contributed by atoms with E-state index in [1.165, 1.54) is 0 Å². The van der Waals surface area contributed by atoms with E-state index in [4.69, 9.17) is 0 Å². The van der Waals surface area contributed by atoms with Crippen LogP contribution in [0.15, 0.2) is 30.5 Å². The summed E-state index contributed by atoms with van der Waals surface area (Å²) in [6.07, 6.45) is -2.90. The van der Waals surface area contributed by atoms with Crippen LogP contribution in [-0.4, -0.2) is 24.4 Å². The largest absolute Gasteiger partial charge is 0.443 e. The molecule has 1 aromatic heterocycles. The van der Waals surface area contributed by atoms with E-state index in [0.717, 1.165) is 11.8 Å². The van der Waals surface area contributed by atoms with Crippen LogP contribution < -0.4 is 5.32 Å². The van der Waals surface area contributed by atoms with E-state index in [1.807, 2.05) is 0 Å². The summed E-state index contributed by atoms with van der Waals surface area (Å²) >= 11 is 0.374. The Kier molecular flexibility index (Phi) is 4.74. The van der Waals surface area contributed by atoms with Gasteiger partial charge in [-0.1, -0.05) is 24.3 Å². The zero-order valence-corrected chi connectivity index (χ0v) is 12.0. The number of hydrogen-bond acceptors (Lipinski definition) is 4. The molecule has 0 spiro atoms. The van der Waals surface area contributed by atoms with Gasteiger partial charge in [0.05, 0.1) is 4.88 Å². The molecule has 0 saturated heterocycles. The summed E-state index contributed by atoms with van der Waals surface area (Å²) in [5.74, 6) is -0.422. The van der Waals surface area contributed by atoms with Gasteiger partial charge in [0.15, 0.2) is 5.01 Å². The molecule has 7 heteroatoms. The third-order valence-corrected chi connectivity index (χ3v) is 3.92. The van der Waals surface area contributed by atoms with Gasteiger partial charge >= 0.3 is 6.18 Å². The van der Waals surface area contributed by atoms with E-state index in [-0.39, 0.29) is 4.88 Å². The number of aromatic nitrogens is 1. The lowest BCUT2D eigenvalue weighted by Gasteiger charge is -2.07. The monoisotopic (exact) mass is 314 g/mol. The highest BCUT2D eigenvalue weighted by Gasteiger charge is 2.35. The van der Waals surface area contributed by atoms with Crippen molar-refractivity contribution in [1.82, 2.24) is 10.3 Å². The minimum absolute atomic E-state index is 0.000711. The molecule has 0 radical (unpaired) electrons. The fourth-order valence-corrected chi connectivity index (χ4v) is 2.60. The van der Waals surface area contributed by atoms with E-state index < -0.39 is 17.0 Å². The van der Waals surface area contributed by atoms with Crippen LogP contribution in [0.4, 0.5) is 13.2 Å². The number of alkyl halides is 3. The second kappa shape index (κ2) is 6.36. The molecule has 0 bridgehead atoms. The number of carbonyl (C=O) groups is 1. The molecule has 0 aliphatic carbocycles. The highest BCUT2D eigenvalue weighted by atomic mass is 32.1. The van der Waals surface area contributed by atoms with Crippen molar-refractivity contribution in [3.05, 3.63) is 51.5 Å². The molecule has 0 fully saturated rings. The third kappa shape index (κ3) is 3.68. The van der Waals surface area contributed by atoms with Crippen LogP contribution in [0.1, 0.15) is 25.8 Å². The van der Waals surface area contributed by atoms with E-state index >= 15 is 0 Å². The molecule has 0 aliphatic heterocycles. The number of ketones is 1. The van der Waals surface area contributed by atoms with Gasteiger partial charge in [-0.15, -0.1) is 11.3 Å². The molecule has 1 heterocycles. The Balaban J connectivity index is 2.30. The van der Waals surface area contributed by atoms with Crippen molar-refractivity contribution in [1.29, 1.82) is 0 Å². The van der Waals surface area contributed by atoms with Crippen LogP contribution in [0.25, 0.3) is 0 Å². The summed E-state index contributed by atoms with van der Waals surface area (Å²) in [4.78, 5) is 15.6. The summed E-state index contributed by atoms with van der Waals surface area (Å²) in [6, 6.07) is 6.92. The average Bonchev–Trinajstić information content (AvgIpc) is 2.94. The number of likely N-dealkylation sites (N-methyl/N-ethyl adjacent to an activating group) is 1. The van der Waals surface area contributed by atoms with Crippen molar-refractivity contribution in [2.75, 3.05) is 13.6 Å². The van der Waals surface area contributed by atoms with E-state index in [9.17, 15) is 18.0 Å². The summed E-state index contributed by atoms with van der Waals surface area (Å²) < 4.78 is 37.6. The number of nitrogens with one attached hydrogen (secondary N) is 1. The molecular formula is C14H13F3N2OS. The molecule has 0 amide bonds. The Morgan fingerprint density at radius 1 is 1.33 bits per heavy atom. The number of thiazole rings is 1. The van der Waals surface area contributed by atoms with Gasteiger partial charge in [-0.05, 0) is 25.6 Å². The van der Waals surface area contributed by atoms with Gasteiger partial charge in [-0.2, -0.15) is 13.2 Å². The molecule has 2 rings (SSSR count). The SMILES string of the molecule is CNCCc1ccccc1C(=O)c1cnc(C(F)(F)F)s1. The van der Waals surface area contributed by atoms with Gasteiger partial charge in [-0.25, -0.2) is 4.98 Å². The Morgan fingerprint density at radius 2 is 2.05 bits per heavy atom. The summed E-state index contributed by atoms with van der Waals surface area (Å²) in [5, 5.41) is 1.97. The lowest BCUT2D eigenvalue weighted by molar-refractivity contribution is -0.137. The predicted octanol–water partition coefficient (Wildman–Crippen LogP) is 3.15. The van der Waals surface area contributed by atoms with Crippen molar-refractivity contribution >= 4 is 17.1 Å². The third-order valence-electron chi connectivity index (χ3n) is 2.88. The van der Waals surface area contributed by atoms with Crippen LogP contribution in [0.2, 0.25) is 0 Å². The van der Waals surface area contributed by atoms with Crippen LogP contribution in [0.5, 0.6) is 0 Å². The van der Waals surface area contributed by atoms with E-state index in [2.05, 4.69) is 10.3 Å². The number of halogens is 3. The first-order valence-electron chi connectivity index (χ1n) is 6.23. The second-order valence-corrected chi connectivity index (χ2v) is 5.40. The Hall–Kier alpha value is -1.73. The minimum Gasteiger partial charge on any atom is -0.319 e. The highest BCUT2D eigenvalue weighted by molar-refractivity contribution is 7.14. The van der Waals surface area contributed by atoms with Crippen LogP contribution in [0.3, 0.4) is 0 Å². The molecule has 21 heavy (non-hydrogen) atoms. The van der Waals surface area contributed by atoms with Gasteiger partial charge in [0.2, 0.25) is 5.78 Å². The molecule has 0 saturated carbocycles. The first kappa shape index (κ1) is 15.7. The minimum atomic E-state index is -4.52. The fourth-order valence-electron chi connectivity index (χ4n) is 1.86. The summed E-state index contributed by atoms with van der Waals surface area (Å²) in [6.45, 7) is 0.681. The van der Waals surface area contributed by atoms with E-state index in [0.29, 0.717) is 29.9 Å². The van der Waals surface area contributed by atoms with Crippen molar-refractivity contribution in [2.45, 2.75) is 12.6 Å². The molecular weight excluding hydrogens is 301 g/mol. The summed E-state index contributed by atoms with van der Waals surface area (Å²) in [5.41, 5.74) is 1.23. The van der Waals surface area contributed by atoms with Crippen molar-refractivity contribution in [3.63, 3.8) is 0 Å². The van der Waals surface area contributed by atoms with Crippen molar-refractivity contribution in [3.8, 4) is 0 Å². The van der Waals surface area contributed by atoms with Gasteiger partial charge in [0.1, 0.15) is 0 Å². The van der Waals surface area contributed by atoms with Gasteiger partial charge in [0, 0.05) is 11.8 Å². The Morgan fingerprint density at radius 3 is 2.67 bits per heavy atom. The molecule has 0 aliphatic rings. The van der Waals surface area contributed by atoms with Crippen LogP contribution in [0, 0.1) is 0 Å². The predicted molar refractivity (Wildman–Crippen MR) is 74.6 cm³/mol. The number of rotatable bonds is 5. The molecule has 0 atom stereocenters. The molecule has 1 aromatic carbocycles. The number of benzene rings is 1. The fraction of sp³-hybridized carbons (Fsp3) is 0.286. The maximum absolute atomic E-state index is 12.5. The zero-order valence-electron chi connectivity index (χ0n) is 11.2. The molecule has 112 valence electrons. The Labute approximate surface area is 123 Å². The van der Waals surface area contributed by atoms with Crippen LogP contribution in [-0.2, 0) is 12.6 Å². The van der Waals surface area contributed by atoms with Gasteiger partial charge < -0.3 is 5.32 Å². The number of carbonyl (C=O) groups excluding carboxylic acids is 1. The van der Waals surface area contributed by atoms with E-state index in [1.54, 1.807) is 31.3 Å². The molecule has 0 unspecified atom stereocenters. The standard InChI is InChI=1S/C14H13F3N2OS/c1-18-7-6-9-4-2-3-5-10(9)12(20)11-8-19-13(21-11)14(15,16)17/h2-5,8,18H,6-7H2,1H3. The maximum Gasteiger partial charge on any atom is 0.443 e. The Bertz CT molecular complexity index is 637. The molecule has 2 aromatic rings. The lowest BCUT2D eigenvalue weighted by atomic mass is 10.0. The maximum atomic E-state index is 12.5. The molecule has 3 nitrogen and oxygen atoms in total. The smallest absolute Gasteiger partial charge is 0.319 e. The van der Waals surface area contributed by atoms with Crippen molar-refractivity contribution in [2.24, 2.45) is 0 Å².